The van der Waals surface area contributed by atoms with Crippen molar-refractivity contribution < 1.29 is 57.9 Å². The Morgan fingerprint density at radius 1 is 0.324 bits per heavy atom. The van der Waals surface area contributed by atoms with Gasteiger partial charge in [-0.05, 0) is 191 Å². The van der Waals surface area contributed by atoms with Gasteiger partial charge in [0.15, 0.2) is 0 Å². The lowest BCUT2D eigenvalue weighted by Gasteiger charge is -2.38. The molecule has 4 aliphatic heterocycles. The van der Waals surface area contributed by atoms with Gasteiger partial charge in [0.2, 0.25) is 11.8 Å². The van der Waals surface area contributed by atoms with Crippen LogP contribution in [0.15, 0.2) is 170 Å². The van der Waals surface area contributed by atoms with Crippen molar-refractivity contribution >= 4 is 78.5 Å². The highest BCUT2D eigenvalue weighted by molar-refractivity contribution is 6.45. The SMILES string of the molecule is CC(C)(C)c1ccc(Oc2cc3c4c(cc(Oc5ccc(C(C)(C)C)cc5)c5c6c(Oc7ccc(C(C)(C)C)cc7)cc7c8c(cc(Oc9ccc(C(C)(C)C)cc9)c(c2c45)c86)C(=O)N(C(Cc2ccc(O)cc2)C(=O)N2CCCCC2)C7=O)C(=O)N(C(Cc2ccc(O)cc2)C(=O)N2CCCCC2)C3=O)cc1. The van der Waals surface area contributed by atoms with Crippen LogP contribution < -0.4 is 18.9 Å². The van der Waals surface area contributed by atoms with Crippen LogP contribution in [0.5, 0.6) is 57.5 Å². The Morgan fingerprint density at radius 3 is 0.778 bits per heavy atom. The monoisotopic (exact) mass is 1440 g/mol. The van der Waals surface area contributed by atoms with Gasteiger partial charge < -0.3 is 39.0 Å². The molecule has 16 nitrogen and oxygen atoms in total. The van der Waals surface area contributed by atoms with Crippen LogP contribution in [0.1, 0.15) is 196 Å². The van der Waals surface area contributed by atoms with E-state index in [1.807, 2.05) is 97.1 Å². The van der Waals surface area contributed by atoms with Crippen molar-refractivity contribution in [1.29, 1.82) is 0 Å². The van der Waals surface area contributed by atoms with E-state index >= 15 is 28.8 Å². The Bertz CT molecular complexity index is 4810. The molecule has 2 atom stereocenters. The lowest BCUT2D eigenvalue weighted by molar-refractivity contribution is -0.137. The summed E-state index contributed by atoms with van der Waals surface area (Å²) in [5.74, 6) is -1.94. The predicted octanol–water partition coefficient (Wildman–Crippen LogP) is 19.9. The highest BCUT2D eigenvalue weighted by Gasteiger charge is 2.48. The summed E-state index contributed by atoms with van der Waals surface area (Å²) in [7, 11) is 0. The summed E-state index contributed by atoms with van der Waals surface area (Å²) in [6, 6.07) is 47.4. The maximum atomic E-state index is 16.7. The normalized spacial score (nSPS) is 15.7. The average molecular weight is 1450 g/mol. The standard InChI is InChI=1S/C92H92N4O12/c1-89(2,3)55-23-35-61(36-24-55)105-71-49-65-75-66(84(100)95(83(65)99)69(47-53-19-31-59(97)32-20-53)87(103)93-43-15-13-16-44-93)51-73(107-63-39-27-57(28-40-63)91(7,8)9)79-80-74(108-64-41-29-58(30-42-64)92(10,11)12)52-68-76-67(50-72(78(82(76)80)77(71)81(75)79)106-62-37-25-56(26-38-62)90(4,5)6)85(101)96(86(68)102)70(48-54-21-33-60(98)34-22-54)88(104)94-45-17-14-18-46-94/h19-42,49-52,69-70,97-98H,13-18,43-48H2,1-12H3. The van der Waals surface area contributed by atoms with E-state index in [0.29, 0.717) is 92.6 Å². The number of ether oxygens (including phenoxy) is 4. The molecule has 2 fully saturated rings. The minimum Gasteiger partial charge on any atom is -0.508 e. The topological polar surface area (TPSA) is 193 Å². The molecule has 4 aliphatic rings. The zero-order valence-electron chi connectivity index (χ0n) is 63.6. The van der Waals surface area contributed by atoms with Gasteiger partial charge in [0.25, 0.3) is 23.6 Å². The van der Waals surface area contributed by atoms with Crippen LogP contribution in [-0.4, -0.2) is 104 Å². The molecular formula is C92H92N4O12. The van der Waals surface area contributed by atoms with Crippen LogP contribution in [0.25, 0.3) is 43.1 Å². The summed E-state index contributed by atoms with van der Waals surface area (Å²) in [5.41, 5.74) is 4.34. The van der Waals surface area contributed by atoms with Crippen molar-refractivity contribution in [2.45, 2.75) is 168 Å². The van der Waals surface area contributed by atoms with E-state index in [9.17, 15) is 10.2 Å². The molecule has 6 amide bonds. The summed E-state index contributed by atoms with van der Waals surface area (Å²) in [4.78, 5) is 104. The van der Waals surface area contributed by atoms with E-state index in [-0.39, 0.29) is 102 Å². The van der Waals surface area contributed by atoms with Gasteiger partial charge in [0, 0.05) is 82.1 Å². The van der Waals surface area contributed by atoms with Gasteiger partial charge >= 0.3 is 0 Å². The Kier molecular flexibility index (Phi) is 18.4. The first-order chi connectivity index (χ1) is 51.4. The molecule has 2 saturated heterocycles. The van der Waals surface area contributed by atoms with Crippen LogP contribution >= 0.6 is 0 Å². The summed E-state index contributed by atoms with van der Waals surface area (Å²) in [6.45, 7) is 27.1. The fraction of sp³-hybridized carbons (Fsp3) is 0.326. The first kappa shape index (κ1) is 72.3. The molecule has 0 spiro atoms. The van der Waals surface area contributed by atoms with Gasteiger partial charge in [-0.25, -0.2) is 0 Å². The van der Waals surface area contributed by atoms with Crippen LogP contribution in [0.3, 0.4) is 0 Å². The number of fused-ring (bicyclic) bond motifs is 2. The fourth-order valence-corrected chi connectivity index (χ4v) is 16.0. The molecule has 0 aliphatic carbocycles. The van der Waals surface area contributed by atoms with Gasteiger partial charge in [-0.2, -0.15) is 0 Å². The van der Waals surface area contributed by atoms with Gasteiger partial charge in [-0.15, -0.1) is 0 Å². The number of benzene rings is 11. The molecule has 0 saturated carbocycles. The molecule has 16 heteroatoms. The van der Waals surface area contributed by atoms with Gasteiger partial charge in [-0.3, -0.25) is 38.6 Å². The van der Waals surface area contributed by atoms with Crippen LogP contribution in [0.4, 0.5) is 0 Å². The van der Waals surface area contributed by atoms with Crippen molar-refractivity contribution in [3.63, 3.8) is 0 Å². The predicted molar refractivity (Wildman–Crippen MR) is 422 cm³/mol. The second kappa shape index (κ2) is 27.5. The second-order valence-electron chi connectivity index (χ2n) is 33.7. The number of rotatable bonds is 16. The molecule has 15 rings (SSSR count). The third-order valence-electron chi connectivity index (χ3n) is 22.0. The third-order valence-corrected chi connectivity index (χ3v) is 22.0. The molecule has 0 aromatic heterocycles. The van der Waals surface area contributed by atoms with Crippen LogP contribution in [-0.2, 0) is 44.1 Å². The van der Waals surface area contributed by atoms with Gasteiger partial charge in [0.1, 0.15) is 69.6 Å². The van der Waals surface area contributed by atoms with E-state index in [1.54, 1.807) is 58.3 Å². The molecule has 0 bridgehead atoms. The fourth-order valence-electron chi connectivity index (χ4n) is 16.0. The van der Waals surface area contributed by atoms with Crippen LogP contribution in [0, 0.1) is 0 Å². The zero-order chi connectivity index (χ0) is 76.2. The lowest BCUT2D eigenvalue weighted by Crippen LogP contribution is -2.56. The molecule has 11 aromatic rings. The van der Waals surface area contributed by atoms with Gasteiger partial charge in [-0.1, -0.05) is 156 Å². The lowest BCUT2D eigenvalue weighted by atomic mass is 9.80. The molecule has 108 heavy (non-hydrogen) atoms. The number of hydrogen-bond donors (Lipinski definition) is 2. The number of phenols is 2. The average Bonchev–Trinajstić information content (AvgIpc) is 0.670. The number of likely N-dealkylation sites (tertiary alicyclic amines) is 2. The smallest absolute Gasteiger partial charge is 0.262 e. The number of carbonyl (C=O) groups is 6. The second-order valence-corrected chi connectivity index (χ2v) is 33.7. The molecule has 2 N–H and O–H groups in total. The minimum atomic E-state index is -1.37. The number of amides is 6. The van der Waals surface area contributed by atoms with E-state index in [0.717, 1.165) is 70.6 Å². The van der Waals surface area contributed by atoms with Crippen molar-refractivity contribution in [2.75, 3.05) is 26.2 Å². The molecule has 0 radical (unpaired) electrons. The van der Waals surface area contributed by atoms with Crippen molar-refractivity contribution in [1.82, 2.24) is 19.6 Å². The van der Waals surface area contributed by atoms with Crippen molar-refractivity contribution in [2.24, 2.45) is 0 Å². The highest BCUT2D eigenvalue weighted by atomic mass is 16.5. The minimum absolute atomic E-state index is 0.00830. The van der Waals surface area contributed by atoms with E-state index in [2.05, 4.69) is 83.1 Å². The molecule has 11 aromatic carbocycles. The van der Waals surface area contributed by atoms with E-state index < -0.39 is 47.5 Å². The Labute approximate surface area is 630 Å². The largest absolute Gasteiger partial charge is 0.508 e. The Morgan fingerprint density at radius 2 is 0.556 bits per heavy atom. The number of imide groups is 2. The van der Waals surface area contributed by atoms with Crippen molar-refractivity contribution in [3.8, 4) is 57.5 Å². The maximum absolute atomic E-state index is 16.7. The zero-order valence-corrected chi connectivity index (χ0v) is 63.6. The Balaban J connectivity index is 1.10. The number of carbonyl (C=O) groups excluding carboxylic acids is 6. The third kappa shape index (κ3) is 13.5. The first-order valence-electron chi connectivity index (χ1n) is 37.8. The summed E-state index contributed by atoms with van der Waals surface area (Å²) in [5, 5.41) is 23.4. The first-order valence-corrected chi connectivity index (χ1v) is 37.8. The van der Waals surface area contributed by atoms with E-state index in [4.69, 9.17) is 18.9 Å². The molecule has 4 heterocycles. The molecular weight excluding hydrogens is 1350 g/mol. The van der Waals surface area contributed by atoms with Gasteiger partial charge in [0.05, 0.1) is 22.3 Å². The van der Waals surface area contributed by atoms with Crippen molar-refractivity contribution in [3.05, 3.63) is 225 Å². The number of phenolic OH excluding ortho intramolecular Hbond substituents is 2. The summed E-state index contributed by atoms with van der Waals surface area (Å²) >= 11 is 0. The number of nitrogens with zero attached hydrogens (tertiary/aromatic N) is 4. The number of piperidine rings is 2. The summed E-state index contributed by atoms with van der Waals surface area (Å²) < 4.78 is 29.7. The summed E-state index contributed by atoms with van der Waals surface area (Å²) in [6.07, 6.45) is 4.62. The van der Waals surface area contributed by atoms with E-state index in [1.165, 1.54) is 24.3 Å². The quantitative estimate of drug-likeness (QED) is 0.0529. The van der Waals surface area contributed by atoms with Crippen LogP contribution in [0.2, 0.25) is 0 Å². The molecule has 2 unspecified atom stereocenters. The molecule has 552 valence electrons. The number of aromatic hydroxyl groups is 2. The Hall–Kier alpha value is -11.3. The highest BCUT2D eigenvalue weighted by Crippen LogP contribution is 2.59. The number of hydrogen-bond acceptors (Lipinski definition) is 12. The maximum Gasteiger partial charge on any atom is 0.262 e.